The molecule has 1 heterocycles. The van der Waals surface area contributed by atoms with Gasteiger partial charge in [-0.05, 0) is 46.2 Å². The minimum absolute atomic E-state index is 0.100. The molecular weight excluding hydrogens is 388 g/mol. The van der Waals surface area contributed by atoms with Crippen LogP contribution in [0.1, 0.15) is 52.7 Å². The van der Waals surface area contributed by atoms with Crippen LogP contribution in [0.5, 0.6) is 5.75 Å². The van der Waals surface area contributed by atoms with Gasteiger partial charge in [0, 0.05) is 6.54 Å². The molecule has 1 aromatic carbocycles. The molecule has 8 heteroatoms. The number of rotatable bonds is 9. The van der Waals surface area contributed by atoms with Crippen LogP contribution in [0, 0.1) is 13.8 Å². The smallest absolute Gasteiger partial charge is 0.350 e. The molecule has 0 aliphatic rings. The predicted molar refractivity (Wildman–Crippen MR) is 117 cm³/mol. The first-order chi connectivity index (χ1) is 14.0. The molecule has 1 aromatic heterocycles. The van der Waals surface area contributed by atoms with Crippen molar-refractivity contribution in [2.24, 2.45) is 4.99 Å². The third-order valence-electron chi connectivity index (χ3n) is 4.05. The monoisotopic (exact) mass is 418 g/mol. The van der Waals surface area contributed by atoms with Gasteiger partial charge in [-0.25, -0.2) is 14.8 Å². The van der Waals surface area contributed by atoms with Crippen LogP contribution in [-0.2, 0) is 4.74 Å². The predicted octanol–water partition coefficient (Wildman–Crippen LogP) is 3.63. The highest BCUT2D eigenvalue weighted by Crippen LogP contribution is 2.24. The fourth-order valence-corrected chi connectivity index (χ4v) is 3.57. The second kappa shape index (κ2) is 11.4. The van der Waals surface area contributed by atoms with E-state index in [2.05, 4.69) is 20.6 Å². The molecule has 2 aromatic rings. The van der Waals surface area contributed by atoms with Crippen molar-refractivity contribution in [3.8, 4) is 5.75 Å². The summed E-state index contributed by atoms with van der Waals surface area (Å²) in [5, 5.41) is 7.37. The van der Waals surface area contributed by atoms with Crippen LogP contribution in [0.15, 0.2) is 29.3 Å². The highest BCUT2D eigenvalue weighted by molar-refractivity contribution is 7.13. The third-order valence-corrected chi connectivity index (χ3v) is 5.37. The number of hydrogen-bond donors (Lipinski definition) is 2. The number of aromatic nitrogens is 1. The highest BCUT2D eigenvalue weighted by Gasteiger charge is 2.20. The maximum atomic E-state index is 12.0. The molecule has 2 rings (SSSR count). The Morgan fingerprint density at radius 1 is 1.28 bits per heavy atom. The summed E-state index contributed by atoms with van der Waals surface area (Å²) in [6, 6.07) is 7.82. The van der Waals surface area contributed by atoms with E-state index in [0.29, 0.717) is 36.3 Å². The van der Waals surface area contributed by atoms with E-state index in [0.717, 1.165) is 22.9 Å². The molecule has 0 bridgehead atoms. The van der Waals surface area contributed by atoms with Gasteiger partial charge < -0.3 is 20.1 Å². The number of hydrogen-bond acceptors (Lipinski definition) is 6. The van der Waals surface area contributed by atoms with E-state index in [1.807, 2.05) is 52.0 Å². The zero-order valence-electron chi connectivity index (χ0n) is 17.7. The van der Waals surface area contributed by atoms with Crippen LogP contribution in [-0.4, -0.2) is 43.2 Å². The number of thiazole rings is 1. The Labute approximate surface area is 176 Å². The van der Waals surface area contributed by atoms with E-state index in [9.17, 15) is 4.79 Å². The van der Waals surface area contributed by atoms with Crippen molar-refractivity contribution in [1.29, 1.82) is 0 Å². The summed E-state index contributed by atoms with van der Waals surface area (Å²) in [7, 11) is 0. The molecule has 0 saturated heterocycles. The number of nitrogens with zero attached hydrogens (tertiary/aromatic N) is 2. The molecule has 1 atom stereocenters. The molecule has 0 radical (unpaired) electrons. The van der Waals surface area contributed by atoms with Crippen LogP contribution in [0.2, 0.25) is 0 Å². The van der Waals surface area contributed by atoms with Crippen LogP contribution < -0.4 is 15.4 Å². The molecule has 158 valence electrons. The number of carbonyl (C=O) groups excluding carboxylic acids is 1. The van der Waals surface area contributed by atoms with Gasteiger partial charge in [0.2, 0.25) is 0 Å². The summed E-state index contributed by atoms with van der Waals surface area (Å²) in [4.78, 5) is 21.7. The number of carbonyl (C=O) groups is 1. The quantitative estimate of drug-likeness (QED) is 0.280. The number of aliphatic imine (C=N–C) groups is 1. The van der Waals surface area contributed by atoms with Gasteiger partial charge in [-0.2, -0.15) is 0 Å². The van der Waals surface area contributed by atoms with Crippen molar-refractivity contribution in [2.75, 3.05) is 26.3 Å². The van der Waals surface area contributed by atoms with Gasteiger partial charge in [0.25, 0.3) is 0 Å². The number of benzene rings is 1. The lowest BCUT2D eigenvalue weighted by Crippen LogP contribution is -2.39. The van der Waals surface area contributed by atoms with Gasteiger partial charge in [0.15, 0.2) is 5.96 Å². The van der Waals surface area contributed by atoms with Crippen molar-refractivity contribution in [3.05, 3.63) is 45.4 Å². The minimum Gasteiger partial charge on any atom is -0.491 e. The zero-order valence-corrected chi connectivity index (χ0v) is 18.6. The Hall–Kier alpha value is -2.61. The van der Waals surface area contributed by atoms with E-state index >= 15 is 0 Å². The number of aryl methyl sites for hydroxylation is 2. The highest BCUT2D eigenvalue weighted by atomic mass is 32.1. The maximum absolute atomic E-state index is 12.0. The lowest BCUT2D eigenvalue weighted by molar-refractivity contribution is 0.0531. The van der Waals surface area contributed by atoms with E-state index in [1.54, 1.807) is 6.92 Å². The Bertz CT molecular complexity index is 835. The topological polar surface area (TPSA) is 84.8 Å². The van der Waals surface area contributed by atoms with E-state index in [-0.39, 0.29) is 12.0 Å². The minimum atomic E-state index is -0.324. The molecule has 0 fully saturated rings. The Morgan fingerprint density at radius 2 is 2.03 bits per heavy atom. The van der Waals surface area contributed by atoms with Crippen LogP contribution in [0.4, 0.5) is 0 Å². The van der Waals surface area contributed by atoms with Gasteiger partial charge in [-0.15, -0.1) is 11.3 Å². The van der Waals surface area contributed by atoms with Crippen LogP contribution in [0.25, 0.3) is 0 Å². The summed E-state index contributed by atoms with van der Waals surface area (Å²) >= 11 is 1.35. The van der Waals surface area contributed by atoms with Gasteiger partial charge in [0.05, 0.1) is 24.9 Å². The largest absolute Gasteiger partial charge is 0.491 e. The summed E-state index contributed by atoms with van der Waals surface area (Å²) in [6.07, 6.45) is 0. The van der Waals surface area contributed by atoms with E-state index < -0.39 is 0 Å². The second-order valence-corrected chi connectivity index (χ2v) is 7.46. The Balaban J connectivity index is 1.96. The third kappa shape index (κ3) is 6.74. The number of para-hydroxylation sites is 1. The first kappa shape index (κ1) is 22.7. The molecule has 29 heavy (non-hydrogen) atoms. The first-order valence-electron chi connectivity index (χ1n) is 9.83. The standard InChI is InChI=1S/C21H30N4O3S/c1-6-22-21(23-12-13-28-17-11-9-8-10-14(17)3)25-16(5)19-24-15(4)18(29-19)20(26)27-7-2/h8-11,16H,6-7,12-13H2,1-5H3,(H2,22,23,25). The molecular formula is C21H30N4O3S. The molecule has 0 aliphatic heterocycles. The van der Waals surface area contributed by atoms with Gasteiger partial charge in [-0.3, -0.25) is 0 Å². The molecule has 0 spiro atoms. The van der Waals surface area contributed by atoms with Crippen molar-refractivity contribution in [1.82, 2.24) is 15.6 Å². The maximum Gasteiger partial charge on any atom is 0.350 e. The molecule has 0 saturated carbocycles. The molecule has 7 nitrogen and oxygen atoms in total. The number of nitrogens with one attached hydrogen (secondary N) is 2. The summed E-state index contributed by atoms with van der Waals surface area (Å²) < 4.78 is 10.9. The van der Waals surface area contributed by atoms with Crippen molar-refractivity contribution in [2.45, 2.75) is 40.7 Å². The summed E-state index contributed by atoms with van der Waals surface area (Å²) in [6.45, 7) is 11.7. The van der Waals surface area contributed by atoms with Gasteiger partial charge >= 0.3 is 5.97 Å². The molecule has 0 amide bonds. The summed E-state index contributed by atoms with van der Waals surface area (Å²) in [5.74, 6) is 1.23. The van der Waals surface area contributed by atoms with Crippen molar-refractivity contribution in [3.63, 3.8) is 0 Å². The lowest BCUT2D eigenvalue weighted by atomic mass is 10.2. The molecule has 1 unspecified atom stereocenters. The van der Waals surface area contributed by atoms with Gasteiger partial charge in [-0.1, -0.05) is 18.2 Å². The number of esters is 1. The second-order valence-electron chi connectivity index (χ2n) is 6.43. The van der Waals surface area contributed by atoms with Crippen LogP contribution in [0.3, 0.4) is 0 Å². The fraction of sp³-hybridized carbons (Fsp3) is 0.476. The lowest BCUT2D eigenvalue weighted by Gasteiger charge is -2.16. The Kier molecular flexibility index (Phi) is 8.92. The fourth-order valence-electron chi connectivity index (χ4n) is 2.61. The average molecular weight is 419 g/mol. The normalized spacial score (nSPS) is 12.4. The van der Waals surface area contributed by atoms with Crippen molar-refractivity contribution < 1.29 is 14.3 Å². The van der Waals surface area contributed by atoms with E-state index in [4.69, 9.17) is 9.47 Å². The number of guanidine groups is 1. The van der Waals surface area contributed by atoms with E-state index in [1.165, 1.54) is 11.3 Å². The SMILES string of the molecule is CCNC(=NCCOc1ccccc1C)NC(C)c1nc(C)c(C(=O)OCC)s1. The van der Waals surface area contributed by atoms with Gasteiger partial charge in [0.1, 0.15) is 22.2 Å². The average Bonchev–Trinajstić information content (AvgIpc) is 3.08. The first-order valence-corrected chi connectivity index (χ1v) is 10.7. The van der Waals surface area contributed by atoms with Crippen molar-refractivity contribution >= 4 is 23.3 Å². The van der Waals surface area contributed by atoms with Crippen LogP contribution >= 0.6 is 11.3 Å². The Morgan fingerprint density at radius 3 is 2.72 bits per heavy atom. The molecule has 2 N–H and O–H groups in total. The number of ether oxygens (including phenoxy) is 2. The summed E-state index contributed by atoms with van der Waals surface area (Å²) in [5.41, 5.74) is 1.79. The molecule has 0 aliphatic carbocycles. The zero-order chi connectivity index (χ0) is 21.2.